The maximum absolute atomic E-state index is 13.0. The van der Waals surface area contributed by atoms with Crippen LogP contribution in [0.25, 0.3) is 5.69 Å². The minimum Gasteiger partial charge on any atom is -0.333 e. The lowest BCUT2D eigenvalue weighted by Crippen LogP contribution is -2.30. The fourth-order valence-corrected chi connectivity index (χ4v) is 3.53. The Balaban J connectivity index is 1.86. The number of carbonyl (C=O) groups excluding carboxylic acids is 1. The second-order valence-electron chi connectivity index (χ2n) is 6.92. The van der Waals surface area contributed by atoms with Crippen molar-refractivity contribution in [3.8, 4) is 5.69 Å². The first kappa shape index (κ1) is 22.1. The standard InChI is InChI=1S/C19H20N6O5S/c1-12(14-7-9-17(10-8-14)31(20,29)30)23(3)19(26)18-13(2)24(22-21-18)15-5-4-6-16(11-15)25(27)28/h4-12H,1-3H3,(H2,20,29,30). The van der Waals surface area contributed by atoms with E-state index in [9.17, 15) is 23.3 Å². The van der Waals surface area contributed by atoms with Gasteiger partial charge in [-0.1, -0.05) is 23.4 Å². The molecular formula is C19H20N6O5S. The van der Waals surface area contributed by atoms with Gasteiger partial charge in [0.25, 0.3) is 11.6 Å². The molecule has 0 aliphatic rings. The van der Waals surface area contributed by atoms with Crippen molar-refractivity contribution < 1.29 is 18.1 Å². The summed E-state index contributed by atoms with van der Waals surface area (Å²) in [6.45, 7) is 3.43. The van der Waals surface area contributed by atoms with Crippen molar-refractivity contribution in [2.75, 3.05) is 7.05 Å². The van der Waals surface area contributed by atoms with Crippen LogP contribution in [-0.4, -0.2) is 46.2 Å². The van der Waals surface area contributed by atoms with E-state index in [1.807, 2.05) is 0 Å². The van der Waals surface area contributed by atoms with Gasteiger partial charge in [-0.25, -0.2) is 18.2 Å². The predicted molar refractivity (Wildman–Crippen MR) is 111 cm³/mol. The Kier molecular flexibility index (Phi) is 5.86. The highest BCUT2D eigenvalue weighted by molar-refractivity contribution is 7.89. The number of aromatic nitrogens is 3. The number of amides is 1. The average molecular weight is 444 g/mol. The molecule has 1 unspecified atom stereocenters. The van der Waals surface area contributed by atoms with Crippen molar-refractivity contribution >= 4 is 21.6 Å². The first-order chi connectivity index (χ1) is 14.5. The summed E-state index contributed by atoms with van der Waals surface area (Å²) in [5.41, 5.74) is 1.53. The molecule has 0 fully saturated rings. The van der Waals surface area contributed by atoms with E-state index in [1.54, 1.807) is 39.1 Å². The largest absolute Gasteiger partial charge is 0.333 e. The molecule has 3 aromatic rings. The van der Waals surface area contributed by atoms with E-state index in [1.165, 1.54) is 39.9 Å². The van der Waals surface area contributed by atoms with Crippen LogP contribution in [0.5, 0.6) is 0 Å². The lowest BCUT2D eigenvalue weighted by Gasteiger charge is -2.25. The highest BCUT2D eigenvalue weighted by Gasteiger charge is 2.25. The van der Waals surface area contributed by atoms with Crippen molar-refractivity contribution in [2.45, 2.75) is 24.8 Å². The number of rotatable bonds is 6. The summed E-state index contributed by atoms with van der Waals surface area (Å²) in [5, 5.41) is 24.1. The Labute approximate surface area is 178 Å². The third-order valence-electron chi connectivity index (χ3n) is 4.97. The SMILES string of the molecule is Cc1c(C(=O)N(C)C(C)c2ccc(S(N)(=O)=O)cc2)nnn1-c1cccc([N+](=O)[O-])c1. The van der Waals surface area contributed by atoms with Crippen LogP contribution in [0.2, 0.25) is 0 Å². The van der Waals surface area contributed by atoms with Crippen LogP contribution < -0.4 is 5.14 Å². The van der Waals surface area contributed by atoms with Gasteiger partial charge < -0.3 is 4.90 Å². The molecule has 0 spiro atoms. The number of hydrogen-bond acceptors (Lipinski definition) is 7. The van der Waals surface area contributed by atoms with Gasteiger partial charge in [0.2, 0.25) is 10.0 Å². The average Bonchev–Trinajstić information content (AvgIpc) is 3.13. The summed E-state index contributed by atoms with van der Waals surface area (Å²) < 4.78 is 24.2. The molecule has 1 heterocycles. The number of primary sulfonamides is 1. The fraction of sp³-hybridized carbons (Fsp3) is 0.211. The predicted octanol–water partition coefficient (Wildman–Crippen LogP) is 1.96. The highest BCUT2D eigenvalue weighted by atomic mass is 32.2. The van der Waals surface area contributed by atoms with Gasteiger partial charge in [0.15, 0.2) is 5.69 Å². The fourth-order valence-electron chi connectivity index (χ4n) is 3.01. The van der Waals surface area contributed by atoms with Crippen LogP contribution in [0.4, 0.5) is 5.69 Å². The van der Waals surface area contributed by atoms with Gasteiger partial charge in [0.05, 0.1) is 27.2 Å². The van der Waals surface area contributed by atoms with Gasteiger partial charge in [-0.3, -0.25) is 14.9 Å². The summed E-state index contributed by atoms with van der Waals surface area (Å²) in [6, 6.07) is 11.4. The van der Waals surface area contributed by atoms with Crippen molar-refractivity contribution in [1.29, 1.82) is 0 Å². The number of benzene rings is 2. The maximum atomic E-state index is 13.0. The van der Waals surface area contributed by atoms with Crippen molar-refractivity contribution in [3.63, 3.8) is 0 Å². The third kappa shape index (κ3) is 4.44. The maximum Gasteiger partial charge on any atom is 0.276 e. The summed E-state index contributed by atoms with van der Waals surface area (Å²) >= 11 is 0. The summed E-state index contributed by atoms with van der Waals surface area (Å²) in [7, 11) is -2.22. The van der Waals surface area contributed by atoms with Crippen LogP contribution in [0.3, 0.4) is 0 Å². The van der Waals surface area contributed by atoms with Crippen molar-refractivity contribution in [2.24, 2.45) is 5.14 Å². The molecule has 12 heteroatoms. The van der Waals surface area contributed by atoms with Gasteiger partial charge in [0, 0.05) is 19.2 Å². The van der Waals surface area contributed by atoms with Crippen LogP contribution in [0.1, 0.15) is 34.7 Å². The minimum atomic E-state index is -3.81. The van der Waals surface area contributed by atoms with Crippen molar-refractivity contribution in [3.05, 3.63) is 75.6 Å². The number of nitro groups is 1. The number of nitrogens with zero attached hydrogens (tertiary/aromatic N) is 5. The number of carbonyl (C=O) groups is 1. The molecule has 0 radical (unpaired) electrons. The quantitative estimate of drug-likeness (QED) is 0.450. The number of hydrogen-bond donors (Lipinski definition) is 1. The van der Waals surface area contributed by atoms with Gasteiger partial charge in [-0.2, -0.15) is 0 Å². The molecule has 0 bridgehead atoms. The van der Waals surface area contributed by atoms with Gasteiger partial charge in [-0.15, -0.1) is 5.10 Å². The van der Waals surface area contributed by atoms with E-state index in [4.69, 9.17) is 5.14 Å². The first-order valence-electron chi connectivity index (χ1n) is 9.07. The molecule has 2 aromatic carbocycles. The molecular weight excluding hydrogens is 424 g/mol. The Morgan fingerprint density at radius 1 is 1.23 bits per heavy atom. The van der Waals surface area contributed by atoms with E-state index in [-0.39, 0.29) is 16.3 Å². The van der Waals surface area contributed by atoms with E-state index in [2.05, 4.69) is 10.3 Å². The zero-order valence-electron chi connectivity index (χ0n) is 17.0. The zero-order valence-corrected chi connectivity index (χ0v) is 17.8. The van der Waals surface area contributed by atoms with Crippen LogP contribution in [0.15, 0.2) is 53.4 Å². The summed E-state index contributed by atoms with van der Waals surface area (Å²) in [6.07, 6.45) is 0. The lowest BCUT2D eigenvalue weighted by atomic mass is 10.1. The molecule has 162 valence electrons. The molecule has 1 atom stereocenters. The molecule has 0 saturated carbocycles. The number of non-ortho nitro benzene ring substituents is 1. The second kappa shape index (κ2) is 8.24. The molecule has 0 aliphatic carbocycles. The zero-order chi connectivity index (χ0) is 22.9. The lowest BCUT2D eigenvalue weighted by molar-refractivity contribution is -0.384. The molecule has 1 amide bonds. The highest BCUT2D eigenvalue weighted by Crippen LogP contribution is 2.24. The molecule has 0 saturated heterocycles. The van der Waals surface area contributed by atoms with Crippen LogP contribution in [0, 0.1) is 17.0 Å². The van der Waals surface area contributed by atoms with E-state index >= 15 is 0 Å². The Morgan fingerprint density at radius 3 is 2.45 bits per heavy atom. The smallest absolute Gasteiger partial charge is 0.276 e. The van der Waals surface area contributed by atoms with E-state index < -0.39 is 26.9 Å². The topological polar surface area (TPSA) is 154 Å². The van der Waals surface area contributed by atoms with Crippen LogP contribution in [-0.2, 0) is 10.0 Å². The molecule has 0 aliphatic heterocycles. The number of nitrogens with two attached hydrogens (primary N) is 1. The van der Waals surface area contributed by atoms with Gasteiger partial charge in [-0.05, 0) is 37.6 Å². The molecule has 3 rings (SSSR count). The number of sulfonamides is 1. The normalized spacial score (nSPS) is 12.4. The molecule has 11 nitrogen and oxygen atoms in total. The Hall–Kier alpha value is -3.64. The van der Waals surface area contributed by atoms with Crippen molar-refractivity contribution in [1.82, 2.24) is 19.9 Å². The Morgan fingerprint density at radius 2 is 1.87 bits per heavy atom. The van der Waals surface area contributed by atoms with Gasteiger partial charge in [0.1, 0.15) is 0 Å². The van der Waals surface area contributed by atoms with E-state index in [0.717, 1.165) is 0 Å². The summed E-state index contributed by atoms with van der Waals surface area (Å²) in [4.78, 5) is 24.9. The van der Waals surface area contributed by atoms with Gasteiger partial charge >= 0.3 is 0 Å². The van der Waals surface area contributed by atoms with Crippen LogP contribution >= 0.6 is 0 Å². The third-order valence-corrected chi connectivity index (χ3v) is 5.90. The molecule has 1 aromatic heterocycles. The molecule has 2 N–H and O–H groups in total. The molecule has 31 heavy (non-hydrogen) atoms. The Bertz CT molecular complexity index is 1250. The number of nitro benzene ring substituents is 1. The first-order valence-corrected chi connectivity index (χ1v) is 10.6. The van der Waals surface area contributed by atoms with E-state index in [0.29, 0.717) is 16.9 Å². The second-order valence-corrected chi connectivity index (χ2v) is 8.48. The summed E-state index contributed by atoms with van der Waals surface area (Å²) in [5.74, 6) is -0.405. The monoisotopic (exact) mass is 444 g/mol. The minimum absolute atomic E-state index is 0.0202.